The zero-order valence-electron chi connectivity index (χ0n) is 13.7. The largest absolute Gasteiger partial charge is 0.269 e. The molecular weight excluding hydrogens is 290 g/mol. The maximum atomic E-state index is 9.50. The van der Waals surface area contributed by atoms with Crippen LogP contribution in [0.25, 0.3) is 22.3 Å². The molecule has 0 saturated heterocycles. The number of alkyl halides is 1. The standard InChI is InChI=1S/C20H18.CH3F.FH/c1-15-3-7-17(8-4-15)19-11-13-20(14-12-19)18-9-5-16(2)6-10-18;1-2;/h3-14H,1-2H3;1H3;1H. The smallest absolute Gasteiger partial charge is 0.0785 e. The molecule has 0 amide bonds. The predicted molar refractivity (Wildman–Crippen MR) is 96.3 cm³/mol. The summed E-state index contributed by atoms with van der Waals surface area (Å²) in [4.78, 5) is 0. The molecule has 0 saturated carbocycles. The highest BCUT2D eigenvalue weighted by Crippen LogP contribution is 2.25. The minimum atomic E-state index is 0. The highest BCUT2D eigenvalue weighted by atomic mass is 19.1. The molecule has 0 bridgehead atoms. The van der Waals surface area contributed by atoms with E-state index in [1.807, 2.05) is 0 Å². The van der Waals surface area contributed by atoms with Crippen molar-refractivity contribution in [2.24, 2.45) is 0 Å². The minimum Gasteiger partial charge on any atom is -0.269 e. The van der Waals surface area contributed by atoms with Crippen LogP contribution in [0, 0.1) is 13.8 Å². The molecule has 0 fully saturated rings. The van der Waals surface area contributed by atoms with E-state index >= 15 is 0 Å². The molecule has 0 atom stereocenters. The molecule has 0 spiro atoms. The van der Waals surface area contributed by atoms with Gasteiger partial charge < -0.3 is 0 Å². The summed E-state index contributed by atoms with van der Waals surface area (Å²) in [7, 11) is 0.500. The van der Waals surface area contributed by atoms with Gasteiger partial charge in [-0.2, -0.15) is 0 Å². The summed E-state index contributed by atoms with van der Waals surface area (Å²) < 4.78 is 9.50. The van der Waals surface area contributed by atoms with Crippen molar-refractivity contribution in [3.05, 3.63) is 83.9 Å². The van der Waals surface area contributed by atoms with Crippen molar-refractivity contribution in [3.8, 4) is 22.3 Å². The van der Waals surface area contributed by atoms with Crippen LogP contribution in [0.1, 0.15) is 11.1 Å². The maximum Gasteiger partial charge on any atom is 0.0785 e. The van der Waals surface area contributed by atoms with E-state index < -0.39 is 0 Å². The normalized spacial score (nSPS) is 9.39. The van der Waals surface area contributed by atoms with Gasteiger partial charge in [-0.25, -0.2) is 0 Å². The molecule has 3 aromatic rings. The number of aryl methyl sites for hydroxylation is 2. The fourth-order valence-corrected chi connectivity index (χ4v) is 2.35. The van der Waals surface area contributed by atoms with Crippen LogP contribution in [-0.2, 0) is 0 Å². The predicted octanol–water partition coefficient (Wildman–Crippen LogP) is 6.38. The summed E-state index contributed by atoms with van der Waals surface area (Å²) in [6.07, 6.45) is 0. The molecule has 0 heterocycles. The Hall–Kier alpha value is -2.48. The van der Waals surface area contributed by atoms with E-state index in [2.05, 4.69) is 86.6 Å². The van der Waals surface area contributed by atoms with Crippen LogP contribution in [0.5, 0.6) is 0 Å². The first kappa shape index (κ1) is 18.6. The van der Waals surface area contributed by atoms with Crippen molar-refractivity contribution in [1.29, 1.82) is 0 Å². The van der Waals surface area contributed by atoms with Gasteiger partial charge in [0.2, 0.25) is 0 Å². The van der Waals surface area contributed by atoms with Crippen molar-refractivity contribution in [3.63, 3.8) is 0 Å². The van der Waals surface area contributed by atoms with Crippen LogP contribution < -0.4 is 0 Å². The van der Waals surface area contributed by atoms with E-state index in [4.69, 9.17) is 0 Å². The van der Waals surface area contributed by atoms with Gasteiger partial charge in [0.05, 0.1) is 7.18 Å². The summed E-state index contributed by atoms with van der Waals surface area (Å²) in [5.74, 6) is 0. The van der Waals surface area contributed by atoms with E-state index in [-0.39, 0.29) is 4.70 Å². The van der Waals surface area contributed by atoms with Gasteiger partial charge >= 0.3 is 0 Å². The van der Waals surface area contributed by atoms with Crippen molar-refractivity contribution in [2.45, 2.75) is 13.8 Å². The van der Waals surface area contributed by atoms with Crippen LogP contribution in [-0.4, -0.2) is 7.18 Å². The third kappa shape index (κ3) is 4.75. The van der Waals surface area contributed by atoms with Crippen LogP contribution in [0.15, 0.2) is 72.8 Å². The van der Waals surface area contributed by atoms with E-state index in [1.165, 1.54) is 33.4 Å². The summed E-state index contributed by atoms with van der Waals surface area (Å²) >= 11 is 0. The third-order valence-corrected chi connectivity index (χ3v) is 3.65. The molecule has 0 N–H and O–H groups in total. The molecule has 0 aliphatic carbocycles. The lowest BCUT2D eigenvalue weighted by Gasteiger charge is -2.06. The van der Waals surface area contributed by atoms with Gasteiger partial charge in [-0.3, -0.25) is 9.09 Å². The lowest BCUT2D eigenvalue weighted by atomic mass is 9.99. The quantitative estimate of drug-likeness (QED) is 0.515. The topological polar surface area (TPSA) is 0 Å². The molecule has 0 nitrogen and oxygen atoms in total. The second-order valence-electron chi connectivity index (χ2n) is 5.31. The summed E-state index contributed by atoms with van der Waals surface area (Å²) in [6, 6.07) is 26.1. The van der Waals surface area contributed by atoms with Gasteiger partial charge in [-0.15, -0.1) is 0 Å². The Kier molecular flexibility index (Phi) is 7.14. The Morgan fingerprint density at radius 3 is 0.826 bits per heavy atom. The van der Waals surface area contributed by atoms with Crippen LogP contribution in [0.2, 0.25) is 0 Å². The molecule has 0 aliphatic heterocycles. The molecule has 0 aromatic heterocycles. The van der Waals surface area contributed by atoms with Gasteiger partial charge in [0.25, 0.3) is 0 Å². The SMILES string of the molecule is CF.Cc1ccc(-c2ccc(-c3ccc(C)cc3)cc2)cc1.F. The molecular formula is C21H22F2. The second-order valence-corrected chi connectivity index (χ2v) is 5.31. The van der Waals surface area contributed by atoms with E-state index in [9.17, 15) is 4.39 Å². The number of hydrogen-bond acceptors (Lipinski definition) is 0. The summed E-state index contributed by atoms with van der Waals surface area (Å²) in [5.41, 5.74) is 7.66. The summed E-state index contributed by atoms with van der Waals surface area (Å²) in [5, 5.41) is 0. The monoisotopic (exact) mass is 312 g/mol. The zero-order valence-corrected chi connectivity index (χ0v) is 13.7. The average molecular weight is 312 g/mol. The molecule has 0 aliphatic rings. The van der Waals surface area contributed by atoms with Gasteiger partial charge in [-0.05, 0) is 36.1 Å². The molecule has 23 heavy (non-hydrogen) atoms. The molecule has 120 valence electrons. The van der Waals surface area contributed by atoms with Crippen molar-refractivity contribution < 1.29 is 9.09 Å². The average Bonchev–Trinajstić information content (AvgIpc) is 2.58. The van der Waals surface area contributed by atoms with E-state index in [0.717, 1.165) is 0 Å². The molecule has 3 aromatic carbocycles. The highest BCUT2D eigenvalue weighted by molar-refractivity contribution is 5.70. The molecule has 2 heteroatoms. The number of benzene rings is 3. The zero-order chi connectivity index (χ0) is 15.9. The Balaban J connectivity index is 0.000000849. The Morgan fingerprint density at radius 2 is 0.609 bits per heavy atom. The van der Waals surface area contributed by atoms with E-state index in [1.54, 1.807) is 0 Å². The molecule has 0 radical (unpaired) electrons. The van der Waals surface area contributed by atoms with Crippen LogP contribution in [0.3, 0.4) is 0 Å². The number of hydrogen-bond donors (Lipinski definition) is 0. The lowest BCUT2D eigenvalue weighted by molar-refractivity contribution is 0.636. The first-order chi connectivity index (χ1) is 10.7. The van der Waals surface area contributed by atoms with Crippen LogP contribution >= 0.6 is 0 Å². The van der Waals surface area contributed by atoms with E-state index in [0.29, 0.717) is 7.18 Å². The lowest BCUT2D eigenvalue weighted by Crippen LogP contribution is -1.81. The Morgan fingerprint density at radius 1 is 0.435 bits per heavy atom. The first-order valence-corrected chi connectivity index (χ1v) is 7.34. The van der Waals surface area contributed by atoms with Gasteiger partial charge in [-0.1, -0.05) is 83.9 Å². The fraction of sp³-hybridized carbons (Fsp3) is 0.143. The first-order valence-electron chi connectivity index (χ1n) is 7.34. The Labute approximate surface area is 137 Å². The fourth-order valence-electron chi connectivity index (χ4n) is 2.35. The number of rotatable bonds is 2. The maximum absolute atomic E-state index is 9.50. The van der Waals surface area contributed by atoms with Gasteiger partial charge in [0, 0.05) is 0 Å². The highest BCUT2D eigenvalue weighted by Gasteiger charge is 2.00. The van der Waals surface area contributed by atoms with Crippen LogP contribution in [0.4, 0.5) is 9.09 Å². The van der Waals surface area contributed by atoms with Gasteiger partial charge in [0.15, 0.2) is 0 Å². The van der Waals surface area contributed by atoms with Crippen molar-refractivity contribution in [1.82, 2.24) is 0 Å². The van der Waals surface area contributed by atoms with Crippen molar-refractivity contribution in [2.75, 3.05) is 7.18 Å². The minimum absolute atomic E-state index is 0. The second kappa shape index (κ2) is 8.84. The third-order valence-electron chi connectivity index (χ3n) is 3.65. The molecule has 0 unspecified atom stereocenters. The number of halogens is 2. The molecule has 3 rings (SSSR count). The van der Waals surface area contributed by atoms with Gasteiger partial charge in [0.1, 0.15) is 0 Å². The summed E-state index contributed by atoms with van der Waals surface area (Å²) in [6.45, 7) is 4.23. The Bertz CT molecular complexity index is 632. The van der Waals surface area contributed by atoms with Crippen molar-refractivity contribution >= 4 is 0 Å².